The lowest BCUT2D eigenvalue weighted by molar-refractivity contribution is -0.135. The van der Waals surface area contributed by atoms with Crippen LogP contribution in [-0.4, -0.2) is 18.1 Å². The molecule has 3 aromatic rings. The topological polar surface area (TPSA) is 65.5 Å². The summed E-state index contributed by atoms with van der Waals surface area (Å²) in [7, 11) is 1.58. The van der Waals surface area contributed by atoms with Crippen LogP contribution in [0.1, 0.15) is 23.5 Å². The summed E-state index contributed by atoms with van der Waals surface area (Å²) >= 11 is 6.98. The Labute approximate surface area is 164 Å². The molecule has 1 aliphatic rings. The molecule has 5 nitrogen and oxygen atoms in total. The van der Waals surface area contributed by atoms with Gasteiger partial charge in [0.25, 0.3) is 0 Å². The van der Waals surface area contributed by atoms with Crippen LogP contribution in [0.5, 0.6) is 11.6 Å². The summed E-state index contributed by atoms with van der Waals surface area (Å²) in [6, 6.07) is 14.3. The Balaban J connectivity index is 1.80. The maximum Gasteiger partial charge on any atom is 0.313 e. The van der Waals surface area contributed by atoms with Crippen molar-refractivity contribution < 1.29 is 14.3 Å². The Kier molecular flexibility index (Phi) is 4.68. The quantitative estimate of drug-likeness (QED) is 0.615. The first-order chi connectivity index (χ1) is 13.0. The van der Waals surface area contributed by atoms with E-state index in [0.29, 0.717) is 21.3 Å². The summed E-state index contributed by atoms with van der Waals surface area (Å²) < 4.78 is 10.3. The van der Waals surface area contributed by atoms with E-state index >= 15 is 0 Å². The fraction of sp³-hybridized carbons (Fsp3) is 0.150. The predicted octanol–water partition coefficient (Wildman–Crippen LogP) is 4.27. The molecule has 7 heteroatoms. The Morgan fingerprint density at radius 2 is 1.81 bits per heavy atom. The van der Waals surface area contributed by atoms with Gasteiger partial charge in [-0.15, -0.1) is 0 Å². The summed E-state index contributed by atoms with van der Waals surface area (Å²) in [5.74, 6) is -0.00929. The summed E-state index contributed by atoms with van der Waals surface area (Å²) in [5, 5.41) is 1.08. The van der Waals surface area contributed by atoms with Gasteiger partial charge < -0.3 is 9.47 Å². The van der Waals surface area contributed by atoms with Crippen LogP contribution >= 0.6 is 22.9 Å². The predicted molar refractivity (Wildman–Crippen MR) is 104 cm³/mol. The number of aromatic nitrogens is 1. The van der Waals surface area contributed by atoms with Gasteiger partial charge in [-0.1, -0.05) is 35.1 Å². The van der Waals surface area contributed by atoms with Gasteiger partial charge in [0.05, 0.1) is 19.1 Å². The Hall–Kier alpha value is -2.70. The molecule has 0 bridgehead atoms. The maximum absolute atomic E-state index is 12.9. The second-order valence-electron chi connectivity index (χ2n) is 6.04. The van der Waals surface area contributed by atoms with E-state index < -0.39 is 5.97 Å². The molecule has 136 valence electrons. The fourth-order valence-corrected chi connectivity index (χ4v) is 4.05. The number of nitrogens with zero attached hydrogens (tertiary/aromatic N) is 1. The van der Waals surface area contributed by atoms with Gasteiger partial charge in [0.1, 0.15) is 10.8 Å². The molecule has 1 unspecified atom stereocenters. The van der Waals surface area contributed by atoms with E-state index in [9.17, 15) is 9.59 Å². The first-order valence-electron chi connectivity index (χ1n) is 8.21. The molecular formula is C20H14ClNO4S. The number of fused-ring (bicyclic) bond motifs is 1. The van der Waals surface area contributed by atoms with Crippen LogP contribution in [0.3, 0.4) is 0 Å². The summed E-state index contributed by atoms with van der Waals surface area (Å²) in [6.45, 7) is 0. The number of rotatable bonds is 3. The van der Waals surface area contributed by atoms with Crippen LogP contribution in [0.2, 0.25) is 5.02 Å². The van der Waals surface area contributed by atoms with Gasteiger partial charge in [-0.25, -0.2) is 4.98 Å². The van der Waals surface area contributed by atoms with E-state index in [1.807, 2.05) is 24.3 Å². The van der Waals surface area contributed by atoms with Gasteiger partial charge in [-0.3, -0.25) is 9.59 Å². The van der Waals surface area contributed by atoms with Crippen LogP contribution in [0.25, 0.3) is 10.6 Å². The molecule has 0 spiro atoms. The molecule has 0 fully saturated rings. The van der Waals surface area contributed by atoms with Crippen molar-refractivity contribution in [2.24, 2.45) is 0 Å². The first kappa shape index (κ1) is 17.7. The number of ether oxygens (including phenoxy) is 2. The number of methoxy groups -OCH3 is 1. The normalized spacial score (nSPS) is 15.8. The SMILES string of the molecule is COc1ccc(-c2nc3c(c(=O)s2)C(c2ccc(Cl)cc2)CC(=O)O3)cc1. The minimum Gasteiger partial charge on any atom is -0.497 e. The van der Waals surface area contributed by atoms with Gasteiger partial charge in [-0.2, -0.15) is 0 Å². The van der Waals surface area contributed by atoms with E-state index in [4.69, 9.17) is 21.1 Å². The van der Waals surface area contributed by atoms with Crippen LogP contribution in [0.15, 0.2) is 53.3 Å². The zero-order valence-corrected chi connectivity index (χ0v) is 15.8. The average molecular weight is 400 g/mol. The van der Waals surface area contributed by atoms with E-state index in [1.54, 1.807) is 31.4 Å². The van der Waals surface area contributed by atoms with E-state index in [0.717, 1.165) is 22.5 Å². The third kappa shape index (κ3) is 3.46. The minimum atomic E-state index is -0.411. The van der Waals surface area contributed by atoms with Crippen LogP contribution < -0.4 is 14.2 Å². The third-order valence-electron chi connectivity index (χ3n) is 4.38. The number of carbonyl (C=O) groups excluding carboxylic acids is 1. The van der Waals surface area contributed by atoms with E-state index in [2.05, 4.69) is 4.98 Å². The van der Waals surface area contributed by atoms with Gasteiger partial charge in [0.2, 0.25) is 10.6 Å². The third-order valence-corrected chi connectivity index (χ3v) is 5.56. The van der Waals surface area contributed by atoms with Crippen molar-refractivity contribution in [2.45, 2.75) is 12.3 Å². The Bertz CT molecular complexity index is 1060. The Morgan fingerprint density at radius 1 is 1.11 bits per heavy atom. The van der Waals surface area contributed by atoms with Crippen molar-refractivity contribution >= 4 is 28.9 Å². The average Bonchev–Trinajstić information content (AvgIpc) is 2.67. The maximum atomic E-state index is 12.9. The number of carbonyl (C=O) groups is 1. The molecule has 0 saturated carbocycles. The molecule has 1 atom stereocenters. The number of benzene rings is 2. The van der Waals surface area contributed by atoms with E-state index in [-0.39, 0.29) is 23.0 Å². The standard InChI is InChI=1S/C20H14ClNO4S/c1-25-14-8-4-12(5-9-14)19-22-18-17(20(24)27-19)15(10-16(23)26-18)11-2-6-13(21)7-3-11/h2-9,15H,10H2,1H3. The molecule has 4 rings (SSSR count). The number of esters is 1. The van der Waals surface area contributed by atoms with Crippen LogP contribution in [0, 0.1) is 0 Å². The molecule has 27 heavy (non-hydrogen) atoms. The number of halogens is 1. The van der Waals surface area contributed by atoms with Crippen LogP contribution in [0.4, 0.5) is 0 Å². The lowest BCUT2D eigenvalue weighted by Crippen LogP contribution is -2.26. The molecule has 1 aliphatic heterocycles. The molecule has 2 heterocycles. The summed E-state index contributed by atoms with van der Waals surface area (Å²) in [5.41, 5.74) is 2.00. The van der Waals surface area contributed by atoms with Crippen molar-refractivity contribution in [2.75, 3.05) is 7.11 Å². The highest BCUT2D eigenvalue weighted by Crippen LogP contribution is 2.38. The molecular weight excluding hydrogens is 386 g/mol. The highest BCUT2D eigenvalue weighted by Gasteiger charge is 2.33. The summed E-state index contributed by atoms with van der Waals surface area (Å²) in [4.78, 5) is 29.4. The molecule has 0 N–H and O–H groups in total. The summed E-state index contributed by atoms with van der Waals surface area (Å²) in [6.07, 6.45) is 0.0974. The van der Waals surface area contributed by atoms with Crippen molar-refractivity contribution in [3.05, 3.63) is 74.2 Å². The van der Waals surface area contributed by atoms with Gasteiger partial charge in [0.15, 0.2) is 0 Å². The van der Waals surface area contributed by atoms with Gasteiger partial charge in [-0.05, 0) is 42.0 Å². The largest absolute Gasteiger partial charge is 0.497 e. The highest BCUT2D eigenvalue weighted by atomic mass is 35.5. The van der Waals surface area contributed by atoms with Crippen molar-refractivity contribution in [1.82, 2.24) is 4.98 Å². The second kappa shape index (κ2) is 7.13. The zero-order valence-electron chi connectivity index (χ0n) is 14.3. The number of hydrogen-bond donors (Lipinski definition) is 0. The zero-order chi connectivity index (χ0) is 19.0. The van der Waals surface area contributed by atoms with Crippen molar-refractivity contribution in [3.8, 4) is 22.2 Å². The minimum absolute atomic E-state index is 0.0840. The Morgan fingerprint density at radius 3 is 2.48 bits per heavy atom. The molecule has 2 aromatic carbocycles. The van der Waals surface area contributed by atoms with Crippen molar-refractivity contribution in [3.63, 3.8) is 0 Å². The monoisotopic (exact) mass is 399 g/mol. The van der Waals surface area contributed by atoms with Crippen molar-refractivity contribution in [1.29, 1.82) is 0 Å². The van der Waals surface area contributed by atoms with Crippen LogP contribution in [-0.2, 0) is 4.79 Å². The lowest BCUT2D eigenvalue weighted by Gasteiger charge is -2.23. The molecule has 0 radical (unpaired) electrons. The molecule has 0 amide bonds. The molecule has 0 aliphatic carbocycles. The van der Waals surface area contributed by atoms with E-state index in [1.165, 1.54) is 0 Å². The smallest absolute Gasteiger partial charge is 0.313 e. The highest BCUT2D eigenvalue weighted by molar-refractivity contribution is 7.12. The number of hydrogen-bond acceptors (Lipinski definition) is 6. The molecule has 1 aromatic heterocycles. The van der Waals surface area contributed by atoms with Gasteiger partial charge >= 0.3 is 5.97 Å². The molecule has 0 saturated heterocycles. The second-order valence-corrected chi connectivity index (χ2v) is 7.43. The fourth-order valence-electron chi connectivity index (χ4n) is 3.03. The first-order valence-corrected chi connectivity index (χ1v) is 9.40. The van der Waals surface area contributed by atoms with Gasteiger partial charge in [0, 0.05) is 16.5 Å². The lowest BCUT2D eigenvalue weighted by atomic mass is 9.89.